The number of aryl methyl sites for hydroxylation is 1. The lowest BCUT2D eigenvalue weighted by molar-refractivity contribution is 0.102. The molecule has 94 valence electrons. The lowest BCUT2D eigenvalue weighted by atomic mass is 10.2. The smallest absolute Gasteiger partial charge is 0.277 e. The van der Waals surface area contributed by atoms with Crippen LogP contribution in [0.15, 0.2) is 27.3 Å². The van der Waals surface area contributed by atoms with Crippen LogP contribution in [0.1, 0.15) is 16.1 Å². The number of benzene rings is 1. The van der Waals surface area contributed by atoms with Gasteiger partial charge in [-0.3, -0.25) is 9.89 Å². The van der Waals surface area contributed by atoms with Gasteiger partial charge in [0, 0.05) is 10.7 Å². The standard InChI is InChI=1S/C11H8Br2ClN3O/c1-5-2-3-6(14)4-7(5)15-11(18)9-8(12)10(13)17-16-9/h2-4H,1H3,(H,15,18)(H,16,17). The largest absolute Gasteiger partial charge is 0.320 e. The zero-order chi connectivity index (χ0) is 13.3. The van der Waals surface area contributed by atoms with E-state index in [9.17, 15) is 4.79 Å². The van der Waals surface area contributed by atoms with Gasteiger partial charge in [0.05, 0.1) is 4.47 Å². The number of anilines is 1. The Balaban J connectivity index is 2.27. The van der Waals surface area contributed by atoms with E-state index in [-0.39, 0.29) is 11.6 Å². The Morgan fingerprint density at radius 2 is 2.17 bits per heavy atom. The maximum Gasteiger partial charge on any atom is 0.277 e. The van der Waals surface area contributed by atoms with E-state index in [0.717, 1.165) is 5.56 Å². The molecule has 1 heterocycles. The molecular formula is C11H8Br2ClN3O. The topological polar surface area (TPSA) is 57.8 Å². The second-order valence-electron chi connectivity index (χ2n) is 3.61. The number of aromatic amines is 1. The molecule has 2 aromatic rings. The fourth-order valence-corrected chi connectivity index (χ4v) is 2.17. The van der Waals surface area contributed by atoms with Gasteiger partial charge in [-0.1, -0.05) is 17.7 Å². The minimum atomic E-state index is -0.311. The van der Waals surface area contributed by atoms with Crippen molar-refractivity contribution >= 4 is 55.1 Å². The van der Waals surface area contributed by atoms with Crippen LogP contribution in [-0.2, 0) is 0 Å². The summed E-state index contributed by atoms with van der Waals surface area (Å²) in [4.78, 5) is 12.0. The van der Waals surface area contributed by atoms with E-state index < -0.39 is 0 Å². The lowest BCUT2D eigenvalue weighted by Gasteiger charge is -2.07. The molecule has 0 atom stereocenters. The zero-order valence-electron chi connectivity index (χ0n) is 9.22. The molecule has 2 rings (SSSR count). The number of amides is 1. The highest BCUT2D eigenvalue weighted by molar-refractivity contribution is 9.13. The van der Waals surface area contributed by atoms with Gasteiger partial charge < -0.3 is 5.32 Å². The molecule has 0 unspecified atom stereocenters. The van der Waals surface area contributed by atoms with Crippen LogP contribution >= 0.6 is 43.5 Å². The summed E-state index contributed by atoms with van der Waals surface area (Å²) in [5, 5.41) is 9.89. The monoisotopic (exact) mass is 391 g/mol. The van der Waals surface area contributed by atoms with Crippen molar-refractivity contribution in [1.82, 2.24) is 10.2 Å². The molecule has 0 aliphatic rings. The van der Waals surface area contributed by atoms with Crippen LogP contribution in [0, 0.1) is 6.92 Å². The first-order valence-corrected chi connectivity index (χ1v) is 6.92. The normalized spacial score (nSPS) is 10.4. The van der Waals surface area contributed by atoms with Crippen LogP contribution in [0.3, 0.4) is 0 Å². The van der Waals surface area contributed by atoms with Gasteiger partial charge in [0.1, 0.15) is 4.60 Å². The summed E-state index contributed by atoms with van der Waals surface area (Å²) in [5.74, 6) is -0.311. The van der Waals surface area contributed by atoms with Crippen molar-refractivity contribution in [2.45, 2.75) is 6.92 Å². The van der Waals surface area contributed by atoms with Gasteiger partial charge in [-0.2, -0.15) is 5.10 Å². The maximum atomic E-state index is 12.0. The van der Waals surface area contributed by atoms with Crippen LogP contribution in [0.2, 0.25) is 5.02 Å². The van der Waals surface area contributed by atoms with Crippen molar-refractivity contribution in [3.8, 4) is 0 Å². The number of hydrogen-bond donors (Lipinski definition) is 2. The summed E-state index contributed by atoms with van der Waals surface area (Å²) >= 11 is 12.4. The van der Waals surface area contributed by atoms with Crippen molar-refractivity contribution in [2.75, 3.05) is 5.32 Å². The highest BCUT2D eigenvalue weighted by atomic mass is 79.9. The van der Waals surface area contributed by atoms with Crippen LogP contribution in [0.5, 0.6) is 0 Å². The van der Waals surface area contributed by atoms with E-state index in [1.165, 1.54) is 0 Å². The molecule has 1 aromatic heterocycles. The average molecular weight is 393 g/mol. The predicted octanol–water partition coefficient (Wildman–Crippen LogP) is 4.15. The van der Waals surface area contributed by atoms with E-state index in [2.05, 4.69) is 47.4 Å². The van der Waals surface area contributed by atoms with Crippen molar-refractivity contribution in [3.05, 3.63) is 43.6 Å². The third kappa shape index (κ3) is 2.76. The molecule has 1 aromatic carbocycles. The lowest BCUT2D eigenvalue weighted by Crippen LogP contribution is -2.13. The molecule has 1 amide bonds. The molecule has 0 spiro atoms. The van der Waals surface area contributed by atoms with Crippen molar-refractivity contribution in [3.63, 3.8) is 0 Å². The molecule has 0 bridgehead atoms. The Bertz CT molecular complexity index is 612. The van der Waals surface area contributed by atoms with Crippen LogP contribution in [0.25, 0.3) is 0 Å². The van der Waals surface area contributed by atoms with Crippen LogP contribution < -0.4 is 5.32 Å². The molecular weight excluding hydrogens is 385 g/mol. The quantitative estimate of drug-likeness (QED) is 0.805. The highest BCUT2D eigenvalue weighted by Crippen LogP contribution is 2.26. The second kappa shape index (κ2) is 5.42. The SMILES string of the molecule is Cc1ccc(Cl)cc1NC(=O)c1n[nH]c(Br)c1Br. The summed E-state index contributed by atoms with van der Waals surface area (Å²) in [6.45, 7) is 1.89. The molecule has 0 fully saturated rings. The zero-order valence-corrected chi connectivity index (χ0v) is 13.1. The minimum absolute atomic E-state index is 0.279. The molecule has 0 aliphatic heterocycles. The Hall–Kier alpha value is -0.850. The van der Waals surface area contributed by atoms with Crippen molar-refractivity contribution in [2.24, 2.45) is 0 Å². The fraction of sp³-hybridized carbons (Fsp3) is 0.0909. The van der Waals surface area contributed by atoms with Gasteiger partial charge >= 0.3 is 0 Å². The number of nitrogens with one attached hydrogen (secondary N) is 2. The van der Waals surface area contributed by atoms with E-state index in [1.807, 2.05) is 13.0 Å². The molecule has 0 saturated heterocycles. The van der Waals surface area contributed by atoms with Crippen LogP contribution in [-0.4, -0.2) is 16.1 Å². The van der Waals surface area contributed by atoms with E-state index in [4.69, 9.17) is 11.6 Å². The van der Waals surface area contributed by atoms with Gasteiger partial charge in [0.2, 0.25) is 0 Å². The first-order chi connectivity index (χ1) is 8.49. The highest BCUT2D eigenvalue weighted by Gasteiger charge is 2.17. The summed E-state index contributed by atoms with van der Waals surface area (Å²) in [7, 11) is 0. The molecule has 0 saturated carbocycles. The Morgan fingerprint density at radius 1 is 1.44 bits per heavy atom. The second-order valence-corrected chi connectivity index (χ2v) is 5.64. The number of halogens is 3. The Kier molecular flexibility index (Phi) is 4.09. The van der Waals surface area contributed by atoms with Crippen molar-refractivity contribution in [1.29, 1.82) is 0 Å². The van der Waals surface area contributed by atoms with Crippen molar-refractivity contribution < 1.29 is 4.79 Å². The molecule has 2 N–H and O–H groups in total. The van der Waals surface area contributed by atoms with Gasteiger partial charge in [-0.15, -0.1) is 0 Å². The number of nitrogens with zero attached hydrogens (tertiary/aromatic N) is 1. The summed E-state index contributed by atoms with van der Waals surface area (Å²) < 4.78 is 1.20. The minimum Gasteiger partial charge on any atom is -0.320 e. The summed E-state index contributed by atoms with van der Waals surface area (Å²) in [6, 6.07) is 5.31. The summed E-state index contributed by atoms with van der Waals surface area (Å²) in [6.07, 6.45) is 0. The average Bonchev–Trinajstić information content (AvgIpc) is 2.65. The van der Waals surface area contributed by atoms with Crippen LogP contribution in [0.4, 0.5) is 5.69 Å². The molecule has 18 heavy (non-hydrogen) atoms. The van der Waals surface area contributed by atoms with Gasteiger partial charge in [-0.05, 0) is 56.5 Å². The van der Waals surface area contributed by atoms with Gasteiger partial charge in [0.15, 0.2) is 5.69 Å². The third-order valence-corrected chi connectivity index (χ3v) is 4.44. The summed E-state index contributed by atoms with van der Waals surface area (Å²) in [5.41, 5.74) is 1.87. The third-order valence-electron chi connectivity index (χ3n) is 2.33. The first kappa shape index (κ1) is 13.6. The number of aromatic nitrogens is 2. The Labute approximate surface area is 125 Å². The van der Waals surface area contributed by atoms with Gasteiger partial charge in [0.25, 0.3) is 5.91 Å². The predicted molar refractivity (Wildman–Crippen MR) is 78.1 cm³/mol. The Morgan fingerprint density at radius 3 is 2.78 bits per heavy atom. The number of rotatable bonds is 2. The molecule has 4 nitrogen and oxygen atoms in total. The first-order valence-electron chi connectivity index (χ1n) is 4.96. The number of carbonyl (C=O) groups excluding carboxylic acids is 1. The van der Waals surface area contributed by atoms with Gasteiger partial charge in [-0.25, -0.2) is 0 Å². The number of hydrogen-bond acceptors (Lipinski definition) is 2. The number of carbonyl (C=O) groups is 1. The molecule has 7 heteroatoms. The number of H-pyrrole nitrogens is 1. The van der Waals surface area contributed by atoms with E-state index in [1.54, 1.807) is 12.1 Å². The molecule has 0 radical (unpaired) electrons. The maximum absolute atomic E-state index is 12.0. The fourth-order valence-electron chi connectivity index (χ4n) is 1.37. The molecule has 0 aliphatic carbocycles. The van der Waals surface area contributed by atoms with E-state index in [0.29, 0.717) is 19.8 Å². The van der Waals surface area contributed by atoms with E-state index >= 15 is 0 Å².